The zero-order chi connectivity index (χ0) is 14.3. The molecule has 112 valence electrons. The number of likely N-dealkylation sites (tertiary alicyclic amines) is 2. The molecule has 3 fully saturated rings. The van der Waals surface area contributed by atoms with Crippen molar-refractivity contribution in [2.45, 2.75) is 70.9 Å². The van der Waals surface area contributed by atoms with Crippen LogP contribution in [-0.2, 0) is 9.59 Å². The van der Waals surface area contributed by atoms with Gasteiger partial charge in [0, 0.05) is 19.1 Å². The van der Waals surface area contributed by atoms with Crippen molar-refractivity contribution in [3.63, 3.8) is 0 Å². The van der Waals surface area contributed by atoms with Gasteiger partial charge in [-0.15, -0.1) is 0 Å². The summed E-state index contributed by atoms with van der Waals surface area (Å²) in [4.78, 5) is 29.4. The largest absolute Gasteiger partial charge is 0.341 e. The van der Waals surface area contributed by atoms with Crippen molar-refractivity contribution in [2.24, 2.45) is 5.41 Å². The summed E-state index contributed by atoms with van der Waals surface area (Å²) in [5, 5.41) is 0. The molecule has 3 rings (SSSR count). The first-order valence-corrected chi connectivity index (χ1v) is 8.19. The predicted molar refractivity (Wildman–Crippen MR) is 77.1 cm³/mol. The molecule has 0 bridgehead atoms. The van der Waals surface area contributed by atoms with Crippen molar-refractivity contribution in [1.82, 2.24) is 9.80 Å². The molecule has 1 atom stereocenters. The number of carbonyl (C=O) groups excluding carboxylic acids is 2. The summed E-state index contributed by atoms with van der Waals surface area (Å²) in [6, 6.07) is -0.0388. The van der Waals surface area contributed by atoms with Crippen molar-refractivity contribution in [2.75, 3.05) is 13.1 Å². The van der Waals surface area contributed by atoms with Crippen LogP contribution in [-0.4, -0.2) is 46.8 Å². The molecule has 1 aliphatic carbocycles. The van der Waals surface area contributed by atoms with E-state index < -0.39 is 0 Å². The Morgan fingerprint density at radius 3 is 2.25 bits per heavy atom. The fourth-order valence-corrected chi connectivity index (χ4v) is 4.36. The lowest BCUT2D eigenvalue weighted by Gasteiger charge is -2.56. The van der Waals surface area contributed by atoms with Gasteiger partial charge in [-0.1, -0.05) is 12.8 Å². The van der Waals surface area contributed by atoms with E-state index in [1.54, 1.807) is 0 Å². The molecule has 4 nitrogen and oxygen atoms in total. The molecule has 0 aromatic carbocycles. The van der Waals surface area contributed by atoms with Crippen LogP contribution in [0.25, 0.3) is 0 Å². The quantitative estimate of drug-likeness (QED) is 0.726. The second-order valence-electron chi connectivity index (χ2n) is 6.96. The van der Waals surface area contributed by atoms with E-state index in [1.165, 1.54) is 6.42 Å². The maximum absolute atomic E-state index is 12.9. The van der Waals surface area contributed by atoms with Crippen LogP contribution in [0.3, 0.4) is 0 Å². The number of piperidine rings is 1. The molecule has 0 N–H and O–H groups in total. The number of rotatable bonds is 2. The number of hydrogen-bond acceptors (Lipinski definition) is 2. The summed E-state index contributed by atoms with van der Waals surface area (Å²) in [5.41, 5.74) is -0.335. The van der Waals surface area contributed by atoms with Gasteiger partial charge < -0.3 is 9.80 Å². The van der Waals surface area contributed by atoms with Crippen LogP contribution in [0, 0.1) is 5.41 Å². The van der Waals surface area contributed by atoms with Crippen molar-refractivity contribution in [1.29, 1.82) is 0 Å². The lowest BCUT2D eigenvalue weighted by atomic mass is 9.67. The monoisotopic (exact) mass is 278 g/mol. The van der Waals surface area contributed by atoms with Gasteiger partial charge in [0.25, 0.3) is 0 Å². The van der Waals surface area contributed by atoms with Crippen molar-refractivity contribution < 1.29 is 9.59 Å². The normalized spacial score (nSPS) is 29.1. The Morgan fingerprint density at radius 2 is 1.70 bits per heavy atom. The lowest BCUT2D eigenvalue weighted by molar-refractivity contribution is -0.185. The Kier molecular flexibility index (Phi) is 3.51. The first-order valence-electron chi connectivity index (χ1n) is 8.19. The van der Waals surface area contributed by atoms with Gasteiger partial charge in [0.1, 0.15) is 6.04 Å². The third-order valence-electron chi connectivity index (χ3n) is 5.42. The molecular weight excluding hydrogens is 252 g/mol. The highest BCUT2D eigenvalue weighted by atomic mass is 16.2. The topological polar surface area (TPSA) is 40.6 Å². The van der Waals surface area contributed by atoms with Crippen LogP contribution in [0.2, 0.25) is 0 Å². The maximum atomic E-state index is 12.9. The molecule has 1 saturated carbocycles. The molecule has 0 radical (unpaired) electrons. The van der Waals surface area contributed by atoms with E-state index in [-0.39, 0.29) is 29.3 Å². The third kappa shape index (κ3) is 1.87. The SMILES string of the molecule is CC(C)N1C(=O)C2(CCCC2)C1C(=O)N1CCCCC1. The van der Waals surface area contributed by atoms with Gasteiger partial charge in [0.05, 0.1) is 5.41 Å². The van der Waals surface area contributed by atoms with E-state index >= 15 is 0 Å². The molecule has 1 spiro atoms. The average Bonchev–Trinajstić information content (AvgIpc) is 2.96. The molecule has 1 unspecified atom stereocenters. The highest BCUT2D eigenvalue weighted by Crippen LogP contribution is 2.52. The van der Waals surface area contributed by atoms with E-state index in [4.69, 9.17) is 0 Å². The Labute approximate surface area is 121 Å². The molecule has 2 amide bonds. The molecule has 20 heavy (non-hydrogen) atoms. The molecule has 3 aliphatic rings. The zero-order valence-electron chi connectivity index (χ0n) is 12.7. The lowest BCUT2D eigenvalue weighted by Crippen LogP contribution is -2.74. The summed E-state index contributed by atoms with van der Waals surface area (Å²) >= 11 is 0. The Morgan fingerprint density at radius 1 is 1.10 bits per heavy atom. The summed E-state index contributed by atoms with van der Waals surface area (Å²) in [7, 11) is 0. The molecule has 4 heteroatoms. The summed E-state index contributed by atoms with van der Waals surface area (Å²) in [5.74, 6) is 0.459. The molecule has 0 aromatic rings. The fourth-order valence-electron chi connectivity index (χ4n) is 4.36. The first kappa shape index (κ1) is 13.9. The molecule has 0 aromatic heterocycles. The van der Waals surface area contributed by atoms with Crippen molar-refractivity contribution in [3.05, 3.63) is 0 Å². The number of amides is 2. The summed E-state index contributed by atoms with van der Waals surface area (Å²) in [6.45, 7) is 5.81. The Bertz CT molecular complexity index is 407. The highest BCUT2D eigenvalue weighted by molar-refractivity contribution is 6.02. The molecular formula is C16H26N2O2. The standard InChI is InChI=1S/C16H26N2O2/c1-12(2)18-13(14(19)17-10-6-3-7-11-17)16(15(18)20)8-4-5-9-16/h12-13H,3-11H2,1-2H3. The second-order valence-corrected chi connectivity index (χ2v) is 6.96. The van der Waals surface area contributed by atoms with Crippen LogP contribution >= 0.6 is 0 Å². The molecule has 2 aliphatic heterocycles. The highest BCUT2D eigenvalue weighted by Gasteiger charge is 2.65. The minimum Gasteiger partial charge on any atom is -0.341 e. The van der Waals surface area contributed by atoms with E-state index in [2.05, 4.69) is 0 Å². The van der Waals surface area contributed by atoms with Gasteiger partial charge in [-0.25, -0.2) is 0 Å². The summed E-state index contributed by atoms with van der Waals surface area (Å²) < 4.78 is 0. The fraction of sp³-hybridized carbons (Fsp3) is 0.875. The Balaban J connectivity index is 1.83. The second kappa shape index (κ2) is 5.05. The van der Waals surface area contributed by atoms with Gasteiger partial charge in [0.2, 0.25) is 11.8 Å². The van der Waals surface area contributed by atoms with Crippen LogP contribution in [0.1, 0.15) is 58.8 Å². The van der Waals surface area contributed by atoms with Gasteiger partial charge in [0.15, 0.2) is 0 Å². The average molecular weight is 278 g/mol. The van der Waals surface area contributed by atoms with Crippen LogP contribution in [0.4, 0.5) is 0 Å². The van der Waals surface area contributed by atoms with Gasteiger partial charge >= 0.3 is 0 Å². The molecule has 2 heterocycles. The van der Waals surface area contributed by atoms with Gasteiger partial charge in [-0.3, -0.25) is 9.59 Å². The smallest absolute Gasteiger partial charge is 0.246 e. The Hall–Kier alpha value is -1.06. The van der Waals surface area contributed by atoms with Crippen LogP contribution in [0.15, 0.2) is 0 Å². The van der Waals surface area contributed by atoms with Crippen molar-refractivity contribution >= 4 is 11.8 Å². The van der Waals surface area contributed by atoms with Gasteiger partial charge in [-0.05, 0) is 46.0 Å². The van der Waals surface area contributed by atoms with E-state index in [1.807, 2.05) is 23.6 Å². The minimum atomic E-state index is -0.335. The van der Waals surface area contributed by atoms with Crippen molar-refractivity contribution in [3.8, 4) is 0 Å². The van der Waals surface area contributed by atoms with E-state index in [0.717, 1.165) is 51.6 Å². The number of hydrogen-bond donors (Lipinski definition) is 0. The number of carbonyl (C=O) groups is 2. The first-order chi connectivity index (χ1) is 9.58. The van der Waals surface area contributed by atoms with Crippen LogP contribution in [0.5, 0.6) is 0 Å². The summed E-state index contributed by atoms with van der Waals surface area (Å²) in [6.07, 6.45) is 7.48. The van der Waals surface area contributed by atoms with E-state index in [0.29, 0.717) is 0 Å². The molecule has 2 saturated heterocycles. The van der Waals surface area contributed by atoms with Crippen LogP contribution < -0.4 is 0 Å². The number of nitrogens with zero attached hydrogens (tertiary/aromatic N) is 2. The minimum absolute atomic E-state index is 0.132. The number of β-lactam (4-membered cyclic amide) rings is 1. The maximum Gasteiger partial charge on any atom is 0.246 e. The van der Waals surface area contributed by atoms with Gasteiger partial charge in [-0.2, -0.15) is 0 Å². The third-order valence-corrected chi connectivity index (χ3v) is 5.42. The van der Waals surface area contributed by atoms with E-state index in [9.17, 15) is 9.59 Å². The predicted octanol–water partition coefficient (Wildman–Crippen LogP) is 2.18. The zero-order valence-corrected chi connectivity index (χ0v) is 12.7.